The van der Waals surface area contributed by atoms with Crippen LogP contribution in [0.25, 0.3) is 0 Å². The van der Waals surface area contributed by atoms with Gasteiger partial charge in [0.2, 0.25) is 5.91 Å². The van der Waals surface area contributed by atoms with Gasteiger partial charge in [-0.15, -0.1) is 5.92 Å². The molecule has 0 rings (SSSR count). The number of carbonyl (C=O) groups is 1. The van der Waals surface area contributed by atoms with Crippen LogP contribution in [-0.4, -0.2) is 55.9 Å². The van der Waals surface area contributed by atoms with E-state index in [4.69, 9.17) is 4.74 Å². The molecule has 0 saturated carbocycles. The van der Waals surface area contributed by atoms with Gasteiger partial charge in [0, 0.05) is 35.6 Å². The van der Waals surface area contributed by atoms with Gasteiger partial charge in [0.25, 0.3) is 0 Å². The van der Waals surface area contributed by atoms with E-state index < -0.39 is 0 Å². The van der Waals surface area contributed by atoms with Gasteiger partial charge in [-0.1, -0.05) is 48.3 Å². The van der Waals surface area contributed by atoms with Crippen molar-refractivity contribution < 1.29 is 13.8 Å². The van der Waals surface area contributed by atoms with Crippen LogP contribution in [0.1, 0.15) is 38.4 Å². The lowest BCUT2D eigenvalue weighted by atomic mass is 10.4. The lowest BCUT2D eigenvalue weighted by Crippen LogP contribution is -2.31. The molecule has 5 nitrogen and oxygen atoms in total. The first kappa shape index (κ1) is 22.6. The van der Waals surface area contributed by atoms with Crippen LogP contribution in [0.15, 0.2) is 0 Å². The highest BCUT2D eigenvalue weighted by atomic mass is 33.1. The molecule has 7 heteroatoms. The summed E-state index contributed by atoms with van der Waals surface area (Å²) < 4.78 is 5.32. The number of amides is 1. The van der Waals surface area contributed by atoms with Crippen LogP contribution in [0.2, 0.25) is 0 Å². The third kappa shape index (κ3) is 17.8. The number of rotatable bonds is 13. The average molecular weight is 368 g/mol. The molecule has 0 aliphatic rings. The third-order valence-corrected chi connectivity index (χ3v) is 5.27. The van der Waals surface area contributed by atoms with Crippen LogP contribution < -0.4 is 16.0 Å². The zero-order chi connectivity index (χ0) is 17.3. The normalized spacial score (nSPS) is 11.9. The van der Waals surface area contributed by atoms with Crippen molar-refractivity contribution in [1.29, 1.82) is 0 Å². The largest absolute Gasteiger partial charge is 0.370 e. The Labute approximate surface area is 153 Å². The first-order valence-corrected chi connectivity index (χ1v) is 10.5. The predicted octanol–water partition coefficient (Wildman–Crippen LogP) is 2.59. The fraction of sp³-hybridized carbons (Fsp3) is 0.812. The number of carbonyl (C=O) groups excluding carboxylic acids is 1. The Morgan fingerprint density at radius 1 is 1.22 bits per heavy atom. The fourth-order valence-electron chi connectivity index (χ4n) is 1.45. The SMILES string of the molecule is CCC#CCNC(=O)COCCNC(C)SSCCNC(C)C.[HH].[HH].[HH]. The highest BCUT2D eigenvalue weighted by molar-refractivity contribution is 8.76. The quantitative estimate of drug-likeness (QED) is 0.201. The van der Waals surface area contributed by atoms with Crippen molar-refractivity contribution in [1.82, 2.24) is 16.0 Å². The highest BCUT2D eigenvalue weighted by Crippen LogP contribution is 2.24. The molecule has 0 spiro atoms. The number of hydrogen-bond acceptors (Lipinski definition) is 6. The molecule has 0 saturated heterocycles. The maximum Gasteiger partial charge on any atom is 0.246 e. The molecule has 0 aromatic rings. The van der Waals surface area contributed by atoms with Crippen molar-refractivity contribution in [3.05, 3.63) is 0 Å². The summed E-state index contributed by atoms with van der Waals surface area (Å²) >= 11 is 0. The third-order valence-electron chi connectivity index (χ3n) is 2.54. The lowest BCUT2D eigenvalue weighted by molar-refractivity contribution is -0.125. The number of nitrogens with one attached hydrogen (secondary N) is 3. The van der Waals surface area contributed by atoms with E-state index in [9.17, 15) is 4.79 Å². The molecule has 0 radical (unpaired) electrons. The highest BCUT2D eigenvalue weighted by Gasteiger charge is 2.03. The standard InChI is InChI=1S/C16H31N3O2S2.3H2/c1-5-6-7-8-19-16(20)13-21-11-9-18-15(4)23-22-12-10-17-14(2)3;;;/h14-15,17-18H,5,8-13H2,1-4H3,(H,19,20);3*1H. The Hall–Kier alpha value is -0.390. The Morgan fingerprint density at radius 3 is 2.70 bits per heavy atom. The first-order valence-electron chi connectivity index (χ1n) is 8.11. The van der Waals surface area contributed by atoms with Gasteiger partial charge in [-0.3, -0.25) is 4.79 Å². The maximum absolute atomic E-state index is 11.4. The van der Waals surface area contributed by atoms with Crippen LogP contribution in [-0.2, 0) is 9.53 Å². The van der Waals surface area contributed by atoms with E-state index in [2.05, 4.69) is 48.6 Å². The Bertz CT molecular complexity index is 370. The smallest absolute Gasteiger partial charge is 0.246 e. The van der Waals surface area contributed by atoms with Crippen molar-refractivity contribution in [2.24, 2.45) is 0 Å². The molecule has 1 unspecified atom stereocenters. The summed E-state index contributed by atoms with van der Waals surface area (Å²) in [7, 11) is 3.68. The summed E-state index contributed by atoms with van der Waals surface area (Å²) in [6.07, 6.45) is 0.806. The van der Waals surface area contributed by atoms with Gasteiger partial charge in [0.1, 0.15) is 6.61 Å². The molecule has 1 amide bonds. The minimum absolute atomic E-state index is 0. The van der Waals surface area contributed by atoms with E-state index in [-0.39, 0.29) is 16.8 Å². The first-order chi connectivity index (χ1) is 11.1. The van der Waals surface area contributed by atoms with Gasteiger partial charge >= 0.3 is 0 Å². The van der Waals surface area contributed by atoms with Crippen molar-refractivity contribution in [2.45, 2.75) is 45.5 Å². The topological polar surface area (TPSA) is 62.4 Å². The summed E-state index contributed by atoms with van der Waals surface area (Å²) in [5, 5.41) is 9.80. The van der Waals surface area contributed by atoms with E-state index >= 15 is 0 Å². The molecule has 23 heavy (non-hydrogen) atoms. The van der Waals surface area contributed by atoms with Crippen molar-refractivity contribution >= 4 is 27.5 Å². The second kappa shape index (κ2) is 16.5. The Kier molecular flexibility index (Phi) is 16.2. The van der Waals surface area contributed by atoms with Crippen LogP contribution in [0.5, 0.6) is 0 Å². The molecule has 0 bridgehead atoms. The molecule has 0 heterocycles. The average Bonchev–Trinajstić information content (AvgIpc) is 2.50. The van der Waals surface area contributed by atoms with Gasteiger partial charge in [0.05, 0.1) is 18.5 Å². The van der Waals surface area contributed by atoms with Crippen molar-refractivity contribution in [3.8, 4) is 11.8 Å². The molecule has 140 valence electrons. The Morgan fingerprint density at radius 2 is 2.00 bits per heavy atom. The molecular weight excluding hydrogens is 330 g/mol. The molecule has 0 aromatic heterocycles. The van der Waals surface area contributed by atoms with Crippen molar-refractivity contribution in [2.75, 3.05) is 38.6 Å². The zero-order valence-corrected chi connectivity index (χ0v) is 16.4. The molecular formula is C16H37N3O2S2. The monoisotopic (exact) mass is 367 g/mol. The van der Waals surface area contributed by atoms with Crippen LogP contribution in [0.4, 0.5) is 0 Å². The fourth-order valence-corrected chi connectivity index (χ4v) is 3.50. The van der Waals surface area contributed by atoms with Crippen molar-refractivity contribution in [3.63, 3.8) is 0 Å². The number of ether oxygens (including phenoxy) is 1. The summed E-state index contributed by atoms with van der Waals surface area (Å²) in [5.74, 6) is 6.73. The van der Waals surface area contributed by atoms with Crippen LogP contribution >= 0.6 is 21.6 Å². The van der Waals surface area contributed by atoms with E-state index in [1.165, 1.54) is 0 Å². The minimum Gasteiger partial charge on any atom is -0.370 e. The van der Waals surface area contributed by atoms with Gasteiger partial charge in [-0.05, 0) is 6.92 Å². The Balaban J connectivity index is -0.000000807. The van der Waals surface area contributed by atoms with E-state index in [0.717, 1.165) is 25.3 Å². The lowest BCUT2D eigenvalue weighted by Gasteiger charge is -2.13. The maximum atomic E-state index is 11.4. The molecule has 3 N–H and O–H groups in total. The van der Waals surface area contributed by atoms with E-state index in [0.29, 0.717) is 24.6 Å². The molecule has 0 fully saturated rings. The van der Waals surface area contributed by atoms with Gasteiger partial charge < -0.3 is 20.7 Å². The summed E-state index contributed by atoms with van der Waals surface area (Å²) in [5.41, 5.74) is 0. The second-order valence-corrected chi connectivity index (χ2v) is 7.99. The van der Waals surface area contributed by atoms with E-state index in [1.807, 2.05) is 28.5 Å². The second-order valence-electron chi connectivity index (χ2n) is 5.16. The summed E-state index contributed by atoms with van der Waals surface area (Å²) in [4.78, 5) is 11.4. The van der Waals surface area contributed by atoms with Crippen LogP contribution in [0.3, 0.4) is 0 Å². The summed E-state index contributed by atoms with van der Waals surface area (Å²) in [6.45, 7) is 11.2. The summed E-state index contributed by atoms with van der Waals surface area (Å²) in [6, 6.07) is 0.546. The number of hydrogen-bond donors (Lipinski definition) is 3. The zero-order valence-electron chi connectivity index (χ0n) is 14.7. The van der Waals surface area contributed by atoms with Gasteiger partial charge in [0.15, 0.2) is 0 Å². The van der Waals surface area contributed by atoms with Gasteiger partial charge in [-0.25, -0.2) is 0 Å². The molecule has 0 aliphatic heterocycles. The molecule has 1 atom stereocenters. The van der Waals surface area contributed by atoms with E-state index in [1.54, 1.807) is 0 Å². The van der Waals surface area contributed by atoms with Crippen LogP contribution in [0, 0.1) is 11.8 Å². The predicted molar refractivity (Wildman–Crippen MR) is 109 cm³/mol. The molecule has 0 aliphatic carbocycles. The van der Waals surface area contributed by atoms with Gasteiger partial charge in [-0.2, -0.15) is 0 Å². The molecule has 0 aromatic carbocycles. The minimum atomic E-state index is -0.119.